The average Bonchev–Trinajstić information content (AvgIpc) is 2.70. The van der Waals surface area contributed by atoms with Crippen molar-refractivity contribution in [1.82, 2.24) is 15.5 Å². The normalized spacial score (nSPS) is 17.2. The number of allylic oxidation sites excluding steroid dienone is 2. The maximum Gasteiger partial charge on any atom is 0.271 e. The fraction of sp³-hybridized carbons (Fsp3) is 0.571. The SMILES string of the molecule is O=C(NCCC1=CCCCC1)c1ccc(NCCC2=CCCCC2)nn1. The van der Waals surface area contributed by atoms with Crippen molar-refractivity contribution in [2.24, 2.45) is 0 Å². The van der Waals surface area contributed by atoms with Crippen molar-refractivity contribution in [3.05, 3.63) is 41.1 Å². The van der Waals surface area contributed by atoms with Gasteiger partial charge in [-0.25, -0.2) is 0 Å². The number of hydrogen-bond acceptors (Lipinski definition) is 4. The first-order chi connectivity index (χ1) is 12.8. The Kier molecular flexibility index (Phi) is 7.23. The Balaban J connectivity index is 1.38. The molecule has 1 aromatic rings. The van der Waals surface area contributed by atoms with Crippen LogP contribution in [0.1, 0.15) is 74.7 Å². The highest BCUT2D eigenvalue weighted by Gasteiger charge is 2.09. The predicted molar refractivity (Wildman–Crippen MR) is 105 cm³/mol. The molecule has 0 saturated heterocycles. The average molecular weight is 354 g/mol. The zero-order valence-electron chi connectivity index (χ0n) is 15.6. The number of aromatic nitrogens is 2. The van der Waals surface area contributed by atoms with E-state index in [0.29, 0.717) is 12.2 Å². The van der Waals surface area contributed by atoms with Crippen LogP contribution < -0.4 is 10.6 Å². The van der Waals surface area contributed by atoms with Gasteiger partial charge in [-0.2, -0.15) is 0 Å². The molecule has 2 N–H and O–H groups in total. The van der Waals surface area contributed by atoms with Gasteiger partial charge in [0.2, 0.25) is 0 Å². The van der Waals surface area contributed by atoms with Gasteiger partial charge in [0.15, 0.2) is 5.69 Å². The van der Waals surface area contributed by atoms with Crippen LogP contribution in [0.4, 0.5) is 5.82 Å². The van der Waals surface area contributed by atoms with Crippen molar-refractivity contribution in [1.29, 1.82) is 0 Å². The molecule has 26 heavy (non-hydrogen) atoms. The van der Waals surface area contributed by atoms with Crippen molar-refractivity contribution in [3.8, 4) is 0 Å². The summed E-state index contributed by atoms with van der Waals surface area (Å²) in [7, 11) is 0. The van der Waals surface area contributed by atoms with Gasteiger partial charge in [-0.15, -0.1) is 10.2 Å². The molecule has 0 saturated carbocycles. The molecule has 5 heteroatoms. The van der Waals surface area contributed by atoms with E-state index in [-0.39, 0.29) is 5.91 Å². The van der Waals surface area contributed by atoms with Crippen LogP contribution in [0.15, 0.2) is 35.4 Å². The van der Waals surface area contributed by atoms with Gasteiger partial charge in [0.05, 0.1) is 0 Å². The fourth-order valence-corrected chi connectivity index (χ4v) is 3.59. The Hall–Kier alpha value is -2.17. The van der Waals surface area contributed by atoms with Crippen LogP contribution in [0.3, 0.4) is 0 Å². The monoisotopic (exact) mass is 354 g/mol. The van der Waals surface area contributed by atoms with E-state index in [9.17, 15) is 4.79 Å². The molecule has 0 aliphatic heterocycles. The molecule has 0 bridgehead atoms. The van der Waals surface area contributed by atoms with E-state index in [4.69, 9.17) is 0 Å². The van der Waals surface area contributed by atoms with Gasteiger partial charge in [-0.3, -0.25) is 4.79 Å². The lowest BCUT2D eigenvalue weighted by atomic mass is 9.97. The molecule has 1 amide bonds. The number of anilines is 1. The second kappa shape index (κ2) is 10.1. The Morgan fingerprint density at radius 2 is 1.58 bits per heavy atom. The quantitative estimate of drug-likeness (QED) is 0.679. The Bertz CT molecular complexity index is 648. The summed E-state index contributed by atoms with van der Waals surface area (Å²) in [5.41, 5.74) is 3.39. The summed E-state index contributed by atoms with van der Waals surface area (Å²) in [4.78, 5) is 12.2. The topological polar surface area (TPSA) is 66.9 Å². The summed E-state index contributed by atoms with van der Waals surface area (Å²) >= 11 is 0. The molecule has 0 spiro atoms. The van der Waals surface area contributed by atoms with Crippen molar-refractivity contribution in [2.45, 2.75) is 64.2 Å². The standard InChI is InChI=1S/C21H30N4O/c26-21(23-16-14-18-9-5-2-6-10-18)19-11-12-20(25-24-19)22-15-13-17-7-3-1-4-8-17/h7,9,11-12H,1-6,8,10,13-16H2,(H,22,25)(H,23,26). The van der Waals surface area contributed by atoms with E-state index in [1.807, 2.05) is 6.07 Å². The minimum absolute atomic E-state index is 0.146. The number of hydrogen-bond donors (Lipinski definition) is 2. The molecule has 0 atom stereocenters. The third-order valence-electron chi connectivity index (χ3n) is 5.15. The third kappa shape index (κ3) is 5.97. The van der Waals surface area contributed by atoms with E-state index >= 15 is 0 Å². The molecule has 2 aliphatic carbocycles. The molecule has 1 heterocycles. The molecule has 0 radical (unpaired) electrons. The first kappa shape index (κ1) is 18.6. The Morgan fingerprint density at radius 1 is 0.885 bits per heavy atom. The summed E-state index contributed by atoms with van der Waals surface area (Å²) in [6, 6.07) is 3.57. The van der Waals surface area contributed by atoms with Crippen LogP contribution in [0, 0.1) is 0 Å². The van der Waals surface area contributed by atoms with Gasteiger partial charge < -0.3 is 10.6 Å². The minimum Gasteiger partial charge on any atom is -0.368 e. The molecule has 0 unspecified atom stereocenters. The molecule has 5 nitrogen and oxygen atoms in total. The molecule has 1 aromatic heterocycles. The van der Waals surface area contributed by atoms with Crippen molar-refractivity contribution >= 4 is 11.7 Å². The van der Waals surface area contributed by atoms with Crippen LogP contribution in [0.25, 0.3) is 0 Å². The number of nitrogens with one attached hydrogen (secondary N) is 2. The lowest BCUT2D eigenvalue weighted by molar-refractivity contribution is 0.0948. The lowest BCUT2D eigenvalue weighted by Crippen LogP contribution is -2.26. The second-order valence-electron chi connectivity index (χ2n) is 7.20. The van der Waals surface area contributed by atoms with Crippen LogP contribution in [-0.2, 0) is 0 Å². The zero-order valence-corrected chi connectivity index (χ0v) is 15.6. The highest BCUT2D eigenvalue weighted by Crippen LogP contribution is 2.20. The largest absolute Gasteiger partial charge is 0.368 e. The molecule has 2 aliphatic rings. The van der Waals surface area contributed by atoms with Crippen LogP contribution in [0.2, 0.25) is 0 Å². The maximum atomic E-state index is 12.2. The maximum absolute atomic E-state index is 12.2. The Morgan fingerprint density at radius 3 is 2.15 bits per heavy atom. The predicted octanol–water partition coefficient (Wildman–Crippen LogP) is 4.40. The van der Waals surface area contributed by atoms with Crippen molar-refractivity contribution in [3.63, 3.8) is 0 Å². The van der Waals surface area contributed by atoms with Gasteiger partial charge >= 0.3 is 0 Å². The highest BCUT2D eigenvalue weighted by atomic mass is 16.1. The van der Waals surface area contributed by atoms with E-state index < -0.39 is 0 Å². The molecular formula is C21H30N4O. The number of amides is 1. The third-order valence-corrected chi connectivity index (χ3v) is 5.15. The van der Waals surface area contributed by atoms with Gasteiger partial charge in [0, 0.05) is 13.1 Å². The highest BCUT2D eigenvalue weighted by molar-refractivity contribution is 5.92. The van der Waals surface area contributed by atoms with Gasteiger partial charge in [0.1, 0.15) is 5.82 Å². The molecular weight excluding hydrogens is 324 g/mol. The van der Waals surface area contributed by atoms with Gasteiger partial charge in [-0.05, 0) is 76.3 Å². The number of rotatable bonds is 8. The van der Waals surface area contributed by atoms with Crippen LogP contribution in [0.5, 0.6) is 0 Å². The first-order valence-corrected chi connectivity index (χ1v) is 10.0. The second-order valence-corrected chi connectivity index (χ2v) is 7.20. The summed E-state index contributed by atoms with van der Waals surface area (Å²) in [6.07, 6.45) is 16.7. The number of carbonyl (C=O) groups excluding carboxylic acids is 1. The summed E-state index contributed by atoms with van der Waals surface area (Å²) < 4.78 is 0. The molecule has 0 aromatic carbocycles. The number of nitrogens with zero attached hydrogens (tertiary/aromatic N) is 2. The smallest absolute Gasteiger partial charge is 0.271 e. The first-order valence-electron chi connectivity index (χ1n) is 10.0. The Labute approximate surface area is 156 Å². The van der Waals surface area contributed by atoms with E-state index in [1.165, 1.54) is 56.9 Å². The van der Waals surface area contributed by atoms with Crippen LogP contribution in [-0.4, -0.2) is 29.2 Å². The van der Waals surface area contributed by atoms with Crippen molar-refractivity contribution < 1.29 is 4.79 Å². The lowest BCUT2D eigenvalue weighted by Gasteiger charge is -2.13. The minimum atomic E-state index is -0.146. The van der Waals surface area contributed by atoms with Gasteiger partial charge in [0.25, 0.3) is 5.91 Å². The van der Waals surface area contributed by atoms with E-state index in [1.54, 1.807) is 11.6 Å². The summed E-state index contributed by atoms with van der Waals surface area (Å²) in [6.45, 7) is 1.53. The van der Waals surface area contributed by atoms with Crippen molar-refractivity contribution in [2.75, 3.05) is 18.4 Å². The van der Waals surface area contributed by atoms with Crippen LogP contribution >= 0.6 is 0 Å². The zero-order chi connectivity index (χ0) is 18.0. The fourth-order valence-electron chi connectivity index (χ4n) is 3.59. The van der Waals surface area contributed by atoms with E-state index in [2.05, 4.69) is 33.0 Å². The molecule has 3 rings (SSSR count). The number of carbonyl (C=O) groups is 1. The summed E-state index contributed by atoms with van der Waals surface area (Å²) in [5.74, 6) is 0.582. The molecule has 0 fully saturated rings. The summed E-state index contributed by atoms with van der Waals surface area (Å²) in [5, 5.41) is 14.4. The van der Waals surface area contributed by atoms with Gasteiger partial charge in [-0.1, -0.05) is 23.3 Å². The van der Waals surface area contributed by atoms with E-state index in [0.717, 1.165) is 25.2 Å². The molecule has 140 valence electrons.